The van der Waals surface area contributed by atoms with Gasteiger partial charge in [0.15, 0.2) is 0 Å². The quantitative estimate of drug-likeness (QED) is 0.733. The normalized spacial score (nSPS) is 20.9. The van der Waals surface area contributed by atoms with Gasteiger partial charge in [0.25, 0.3) is 10.2 Å². The van der Waals surface area contributed by atoms with Gasteiger partial charge in [-0.15, -0.1) is 0 Å². The van der Waals surface area contributed by atoms with Crippen LogP contribution in [0.15, 0.2) is 0 Å². The minimum atomic E-state index is -3.32. The van der Waals surface area contributed by atoms with E-state index < -0.39 is 10.2 Å². The molecule has 1 aliphatic rings. The van der Waals surface area contributed by atoms with Crippen LogP contribution in [0.1, 0.15) is 40.5 Å². The fourth-order valence-electron chi connectivity index (χ4n) is 2.54. The standard InChI is InChI=1S/C13H29N3O2S/c1-5-15(6-2)19(17,18)16(10-12(3)4)11-13-8-7-9-14-13/h12-14H,5-11H2,1-4H3. The Labute approximate surface area is 118 Å². The number of rotatable bonds is 8. The monoisotopic (exact) mass is 291 g/mol. The lowest BCUT2D eigenvalue weighted by Crippen LogP contribution is -2.49. The predicted octanol–water partition coefficient (Wildman–Crippen LogP) is 1.28. The summed E-state index contributed by atoms with van der Waals surface area (Å²) in [5.74, 6) is 0.340. The third-order valence-corrected chi connectivity index (χ3v) is 5.63. The molecular weight excluding hydrogens is 262 g/mol. The van der Waals surface area contributed by atoms with Crippen LogP contribution in [0.5, 0.6) is 0 Å². The van der Waals surface area contributed by atoms with E-state index in [0.717, 1.165) is 19.4 Å². The molecule has 1 saturated heterocycles. The molecule has 1 unspecified atom stereocenters. The van der Waals surface area contributed by atoms with Crippen LogP contribution in [0.3, 0.4) is 0 Å². The Balaban J connectivity index is 2.81. The van der Waals surface area contributed by atoms with Crippen LogP contribution in [-0.4, -0.2) is 55.8 Å². The minimum Gasteiger partial charge on any atom is -0.313 e. The fraction of sp³-hybridized carbons (Fsp3) is 1.00. The maximum atomic E-state index is 12.6. The Kier molecular flexibility index (Phi) is 6.73. The van der Waals surface area contributed by atoms with Crippen LogP contribution in [0, 0.1) is 5.92 Å². The van der Waals surface area contributed by atoms with Gasteiger partial charge >= 0.3 is 0 Å². The van der Waals surface area contributed by atoms with E-state index in [1.54, 1.807) is 8.61 Å². The van der Waals surface area contributed by atoms with Gasteiger partial charge in [0, 0.05) is 32.2 Å². The van der Waals surface area contributed by atoms with Crippen molar-refractivity contribution < 1.29 is 8.42 Å². The van der Waals surface area contributed by atoms with Crippen LogP contribution in [0.4, 0.5) is 0 Å². The largest absolute Gasteiger partial charge is 0.313 e. The molecule has 114 valence electrons. The average Bonchev–Trinajstić information content (AvgIpc) is 2.81. The highest BCUT2D eigenvalue weighted by Gasteiger charge is 2.30. The number of hydrogen-bond donors (Lipinski definition) is 1. The highest BCUT2D eigenvalue weighted by molar-refractivity contribution is 7.86. The summed E-state index contributed by atoms with van der Waals surface area (Å²) in [7, 11) is -3.32. The van der Waals surface area contributed by atoms with E-state index >= 15 is 0 Å². The Morgan fingerprint density at radius 1 is 1.21 bits per heavy atom. The summed E-state index contributed by atoms with van der Waals surface area (Å²) < 4.78 is 28.5. The van der Waals surface area contributed by atoms with Crippen LogP contribution >= 0.6 is 0 Å². The van der Waals surface area contributed by atoms with Gasteiger partial charge in [0.1, 0.15) is 0 Å². The molecule has 0 spiro atoms. The average molecular weight is 291 g/mol. The van der Waals surface area contributed by atoms with E-state index in [1.807, 2.05) is 13.8 Å². The smallest absolute Gasteiger partial charge is 0.282 e. The molecule has 0 aliphatic carbocycles. The van der Waals surface area contributed by atoms with Crippen LogP contribution < -0.4 is 5.32 Å². The van der Waals surface area contributed by atoms with Crippen molar-refractivity contribution in [3.05, 3.63) is 0 Å². The Morgan fingerprint density at radius 3 is 2.26 bits per heavy atom. The van der Waals surface area contributed by atoms with Gasteiger partial charge in [-0.3, -0.25) is 0 Å². The van der Waals surface area contributed by atoms with E-state index in [1.165, 1.54) is 0 Å². The van der Waals surface area contributed by atoms with Gasteiger partial charge < -0.3 is 5.32 Å². The number of nitrogens with zero attached hydrogens (tertiary/aromatic N) is 2. The third kappa shape index (κ3) is 4.70. The molecule has 0 amide bonds. The third-order valence-electron chi connectivity index (χ3n) is 3.51. The SMILES string of the molecule is CCN(CC)S(=O)(=O)N(CC(C)C)CC1CCCN1. The molecule has 1 N–H and O–H groups in total. The second kappa shape index (κ2) is 7.57. The lowest BCUT2D eigenvalue weighted by molar-refractivity contribution is 0.303. The van der Waals surface area contributed by atoms with E-state index in [0.29, 0.717) is 38.1 Å². The van der Waals surface area contributed by atoms with Gasteiger partial charge in [0.2, 0.25) is 0 Å². The van der Waals surface area contributed by atoms with Crippen LogP contribution in [-0.2, 0) is 10.2 Å². The van der Waals surface area contributed by atoms with E-state index in [9.17, 15) is 8.42 Å². The molecule has 0 saturated carbocycles. The van der Waals surface area contributed by atoms with Gasteiger partial charge in [-0.05, 0) is 25.3 Å². The minimum absolute atomic E-state index is 0.309. The summed E-state index contributed by atoms with van der Waals surface area (Å²) in [5.41, 5.74) is 0. The van der Waals surface area contributed by atoms with Crippen molar-refractivity contribution in [2.45, 2.75) is 46.6 Å². The molecular formula is C13H29N3O2S. The second-order valence-electron chi connectivity index (χ2n) is 5.60. The van der Waals surface area contributed by atoms with Crippen molar-refractivity contribution in [3.8, 4) is 0 Å². The molecule has 1 rings (SSSR count). The van der Waals surface area contributed by atoms with E-state index in [4.69, 9.17) is 0 Å². The van der Waals surface area contributed by atoms with Crippen LogP contribution in [0.2, 0.25) is 0 Å². The molecule has 0 bridgehead atoms. The lowest BCUT2D eigenvalue weighted by atomic mass is 10.2. The maximum absolute atomic E-state index is 12.6. The summed E-state index contributed by atoms with van der Waals surface area (Å²) in [6, 6.07) is 0.309. The molecule has 1 atom stereocenters. The molecule has 5 nitrogen and oxygen atoms in total. The molecule has 0 aromatic rings. The van der Waals surface area contributed by atoms with Gasteiger partial charge in [0.05, 0.1) is 0 Å². The van der Waals surface area contributed by atoms with E-state index in [-0.39, 0.29) is 0 Å². The first-order valence-corrected chi connectivity index (χ1v) is 8.80. The molecule has 0 aromatic heterocycles. The Hall–Kier alpha value is -0.170. The first kappa shape index (κ1) is 16.9. The number of nitrogens with one attached hydrogen (secondary N) is 1. The topological polar surface area (TPSA) is 52.7 Å². The Morgan fingerprint density at radius 2 is 1.84 bits per heavy atom. The second-order valence-corrected chi connectivity index (χ2v) is 7.52. The molecule has 0 radical (unpaired) electrons. The Bertz CT molecular complexity index is 347. The van der Waals surface area contributed by atoms with Crippen molar-refractivity contribution in [2.75, 3.05) is 32.7 Å². The predicted molar refractivity (Wildman–Crippen MR) is 79.3 cm³/mol. The molecule has 1 aliphatic heterocycles. The van der Waals surface area contributed by atoms with Crippen molar-refractivity contribution in [1.82, 2.24) is 13.9 Å². The maximum Gasteiger partial charge on any atom is 0.282 e. The zero-order valence-corrected chi connectivity index (χ0v) is 13.5. The van der Waals surface area contributed by atoms with Gasteiger partial charge in [-0.25, -0.2) is 0 Å². The summed E-state index contributed by atoms with van der Waals surface area (Å²) in [6.07, 6.45) is 2.22. The zero-order chi connectivity index (χ0) is 14.5. The van der Waals surface area contributed by atoms with Gasteiger partial charge in [-0.2, -0.15) is 17.0 Å². The first-order chi connectivity index (χ1) is 8.91. The van der Waals surface area contributed by atoms with Crippen molar-refractivity contribution >= 4 is 10.2 Å². The first-order valence-electron chi connectivity index (χ1n) is 7.40. The lowest BCUT2D eigenvalue weighted by Gasteiger charge is -2.31. The number of hydrogen-bond acceptors (Lipinski definition) is 3. The summed E-state index contributed by atoms with van der Waals surface area (Å²) in [5, 5.41) is 3.38. The summed E-state index contributed by atoms with van der Waals surface area (Å²) >= 11 is 0. The summed E-state index contributed by atoms with van der Waals surface area (Å²) in [4.78, 5) is 0. The highest BCUT2D eigenvalue weighted by Crippen LogP contribution is 2.15. The molecule has 6 heteroatoms. The van der Waals surface area contributed by atoms with Crippen molar-refractivity contribution in [1.29, 1.82) is 0 Å². The molecule has 1 heterocycles. The molecule has 0 aromatic carbocycles. The fourth-order valence-corrected chi connectivity index (χ4v) is 4.38. The van der Waals surface area contributed by atoms with E-state index in [2.05, 4.69) is 19.2 Å². The molecule has 1 fully saturated rings. The van der Waals surface area contributed by atoms with Crippen LogP contribution in [0.25, 0.3) is 0 Å². The molecule has 19 heavy (non-hydrogen) atoms. The highest BCUT2D eigenvalue weighted by atomic mass is 32.2. The zero-order valence-electron chi connectivity index (χ0n) is 12.7. The van der Waals surface area contributed by atoms with Crippen molar-refractivity contribution in [2.24, 2.45) is 5.92 Å². The van der Waals surface area contributed by atoms with Gasteiger partial charge in [-0.1, -0.05) is 27.7 Å². The summed E-state index contributed by atoms with van der Waals surface area (Å²) in [6.45, 7) is 11.2. The van der Waals surface area contributed by atoms with Crippen molar-refractivity contribution in [3.63, 3.8) is 0 Å².